The second kappa shape index (κ2) is 10.2. The van der Waals surface area contributed by atoms with Crippen LogP contribution in [0.25, 0.3) is 0 Å². The van der Waals surface area contributed by atoms with Gasteiger partial charge in [0.25, 0.3) is 0 Å². The number of carbonyl (C=O) groups excluding carboxylic acids is 1. The molecule has 152 valence electrons. The molecule has 6 nitrogen and oxygen atoms in total. The minimum absolute atomic E-state index is 0.143. The second-order valence-electron chi connectivity index (χ2n) is 6.84. The number of nitrogens with zero attached hydrogens (tertiary/aromatic N) is 1. The van der Waals surface area contributed by atoms with Gasteiger partial charge in [-0.15, -0.1) is 0 Å². The van der Waals surface area contributed by atoms with E-state index in [0.29, 0.717) is 6.54 Å². The molecule has 7 heteroatoms. The van der Waals surface area contributed by atoms with Crippen LogP contribution in [0.15, 0.2) is 59.5 Å². The van der Waals surface area contributed by atoms with E-state index in [0.717, 1.165) is 28.5 Å². The van der Waals surface area contributed by atoms with Crippen LogP contribution in [-0.2, 0) is 21.2 Å². The molecule has 0 saturated heterocycles. The van der Waals surface area contributed by atoms with Gasteiger partial charge >= 0.3 is 0 Å². The zero-order valence-corrected chi connectivity index (χ0v) is 17.4. The third-order valence-corrected chi connectivity index (χ3v) is 5.89. The van der Waals surface area contributed by atoms with Gasteiger partial charge in [0.1, 0.15) is 5.75 Å². The fraction of sp³-hybridized carbons (Fsp3) is 0.381. The minimum Gasteiger partial charge on any atom is -0.491 e. The van der Waals surface area contributed by atoms with E-state index in [1.165, 1.54) is 19.2 Å². The van der Waals surface area contributed by atoms with E-state index >= 15 is 0 Å². The van der Waals surface area contributed by atoms with Crippen LogP contribution in [-0.4, -0.2) is 44.9 Å². The summed E-state index contributed by atoms with van der Waals surface area (Å²) in [5.74, 6) is 0.525. The van der Waals surface area contributed by atoms with Crippen molar-refractivity contribution in [3.05, 3.63) is 60.2 Å². The molecule has 0 radical (unpaired) electrons. The number of benzene rings is 2. The molecule has 0 aliphatic rings. The van der Waals surface area contributed by atoms with Crippen LogP contribution < -0.4 is 10.1 Å². The van der Waals surface area contributed by atoms with Gasteiger partial charge in [-0.25, -0.2) is 8.42 Å². The van der Waals surface area contributed by atoms with Crippen molar-refractivity contribution in [1.82, 2.24) is 9.62 Å². The van der Waals surface area contributed by atoms with E-state index in [1.54, 1.807) is 18.2 Å². The third-order valence-electron chi connectivity index (χ3n) is 4.08. The molecule has 0 aliphatic heterocycles. The number of nitrogens with one attached hydrogen (secondary N) is 1. The van der Waals surface area contributed by atoms with Crippen LogP contribution in [0.1, 0.15) is 25.8 Å². The Kier molecular flexibility index (Phi) is 8.02. The minimum atomic E-state index is -3.66. The average Bonchev–Trinajstić information content (AvgIpc) is 2.66. The lowest BCUT2D eigenvalue weighted by Gasteiger charge is -2.16. The van der Waals surface area contributed by atoms with Gasteiger partial charge in [0, 0.05) is 13.6 Å². The summed E-state index contributed by atoms with van der Waals surface area (Å²) in [6.07, 6.45) is 1.73. The van der Waals surface area contributed by atoms with E-state index in [1.807, 2.05) is 38.1 Å². The quantitative estimate of drug-likeness (QED) is 0.618. The molecule has 0 aliphatic carbocycles. The van der Waals surface area contributed by atoms with E-state index < -0.39 is 10.0 Å². The summed E-state index contributed by atoms with van der Waals surface area (Å²) in [5, 5.41) is 2.78. The van der Waals surface area contributed by atoms with Gasteiger partial charge in [-0.2, -0.15) is 4.31 Å². The summed E-state index contributed by atoms with van der Waals surface area (Å²) < 4.78 is 31.5. The van der Waals surface area contributed by atoms with Crippen molar-refractivity contribution in [2.75, 3.05) is 20.1 Å². The van der Waals surface area contributed by atoms with Crippen molar-refractivity contribution in [2.45, 2.75) is 37.7 Å². The summed E-state index contributed by atoms with van der Waals surface area (Å²) in [6, 6.07) is 16.0. The highest BCUT2D eigenvalue weighted by molar-refractivity contribution is 7.89. The largest absolute Gasteiger partial charge is 0.491 e. The molecule has 0 bridgehead atoms. The average molecular weight is 405 g/mol. The van der Waals surface area contributed by atoms with Crippen molar-refractivity contribution in [3.8, 4) is 5.75 Å². The predicted octanol–water partition coefficient (Wildman–Crippen LogP) is 2.84. The Balaban J connectivity index is 1.74. The molecule has 0 fully saturated rings. The smallest absolute Gasteiger partial charge is 0.243 e. The first-order valence-electron chi connectivity index (χ1n) is 9.32. The van der Waals surface area contributed by atoms with Gasteiger partial charge in [0.2, 0.25) is 15.9 Å². The number of rotatable bonds is 10. The lowest BCUT2D eigenvalue weighted by molar-refractivity contribution is -0.121. The van der Waals surface area contributed by atoms with Gasteiger partial charge < -0.3 is 10.1 Å². The molecule has 0 saturated carbocycles. The highest BCUT2D eigenvalue weighted by Crippen LogP contribution is 2.15. The summed E-state index contributed by atoms with van der Waals surface area (Å²) >= 11 is 0. The molecule has 0 aromatic heterocycles. The molecular formula is C21H28N2O4S. The molecule has 1 amide bonds. The van der Waals surface area contributed by atoms with Gasteiger partial charge in [-0.05, 0) is 56.5 Å². The first kappa shape index (κ1) is 21.9. The molecule has 2 aromatic carbocycles. The maximum Gasteiger partial charge on any atom is 0.243 e. The lowest BCUT2D eigenvalue weighted by Crippen LogP contribution is -2.38. The number of aryl methyl sites for hydroxylation is 1. The van der Waals surface area contributed by atoms with Crippen molar-refractivity contribution in [1.29, 1.82) is 0 Å². The van der Waals surface area contributed by atoms with Crippen LogP contribution in [0.2, 0.25) is 0 Å². The fourth-order valence-corrected chi connectivity index (χ4v) is 3.79. The van der Waals surface area contributed by atoms with Crippen LogP contribution in [0.4, 0.5) is 0 Å². The number of hydrogen-bond donors (Lipinski definition) is 1. The summed E-state index contributed by atoms with van der Waals surface area (Å²) in [6.45, 7) is 4.25. The molecule has 0 spiro atoms. The number of hydrogen-bond acceptors (Lipinski definition) is 4. The maximum atomic E-state index is 12.4. The third kappa shape index (κ3) is 6.65. The molecule has 0 atom stereocenters. The van der Waals surface area contributed by atoms with E-state index in [2.05, 4.69) is 5.32 Å². The highest BCUT2D eigenvalue weighted by Gasteiger charge is 2.22. The number of amides is 1. The molecule has 0 unspecified atom stereocenters. The Labute approximate surface area is 167 Å². The molecule has 28 heavy (non-hydrogen) atoms. The number of sulfonamides is 1. The van der Waals surface area contributed by atoms with Crippen LogP contribution in [0.3, 0.4) is 0 Å². The van der Waals surface area contributed by atoms with Crippen LogP contribution in [0.5, 0.6) is 5.75 Å². The first-order chi connectivity index (χ1) is 13.3. The molecule has 2 rings (SSSR count). The Morgan fingerprint density at radius 3 is 2.32 bits per heavy atom. The van der Waals surface area contributed by atoms with E-state index in [4.69, 9.17) is 4.74 Å². The summed E-state index contributed by atoms with van der Waals surface area (Å²) in [4.78, 5) is 12.2. The Morgan fingerprint density at radius 1 is 1.07 bits per heavy atom. The van der Waals surface area contributed by atoms with Crippen molar-refractivity contribution >= 4 is 15.9 Å². The molecule has 0 heterocycles. The molecular weight excluding hydrogens is 376 g/mol. The van der Waals surface area contributed by atoms with Crippen molar-refractivity contribution in [3.63, 3.8) is 0 Å². The van der Waals surface area contributed by atoms with Gasteiger partial charge in [-0.1, -0.05) is 30.3 Å². The van der Waals surface area contributed by atoms with Gasteiger partial charge in [0.15, 0.2) is 0 Å². The lowest BCUT2D eigenvalue weighted by atomic mass is 10.1. The normalized spacial score (nSPS) is 11.6. The summed E-state index contributed by atoms with van der Waals surface area (Å²) in [5.41, 5.74) is 1.16. The monoisotopic (exact) mass is 404 g/mol. The zero-order chi connectivity index (χ0) is 20.6. The van der Waals surface area contributed by atoms with Crippen LogP contribution >= 0.6 is 0 Å². The Hall–Kier alpha value is -2.38. The predicted molar refractivity (Wildman–Crippen MR) is 110 cm³/mol. The molecule has 2 aromatic rings. The summed E-state index contributed by atoms with van der Waals surface area (Å²) in [7, 11) is -2.25. The zero-order valence-electron chi connectivity index (χ0n) is 16.6. The second-order valence-corrected chi connectivity index (χ2v) is 8.88. The van der Waals surface area contributed by atoms with Gasteiger partial charge in [-0.3, -0.25) is 4.79 Å². The van der Waals surface area contributed by atoms with E-state index in [9.17, 15) is 13.2 Å². The number of ether oxygens (including phenoxy) is 1. The topological polar surface area (TPSA) is 75.7 Å². The number of likely N-dealkylation sites (N-methyl/N-ethyl adjacent to an activating group) is 1. The van der Waals surface area contributed by atoms with Crippen molar-refractivity contribution in [2.24, 2.45) is 0 Å². The first-order valence-corrected chi connectivity index (χ1v) is 10.8. The Bertz CT molecular complexity index is 850. The van der Waals surface area contributed by atoms with Crippen LogP contribution in [0, 0.1) is 0 Å². The van der Waals surface area contributed by atoms with Gasteiger partial charge in [0.05, 0.1) is 17.5 Å². The SMILES string of the molecule is CC(C)Oc1ccc(CCCNC(=O)CN(C)S(=O)(=O)c2ccccc2)cc1. The number of carbonyl (C=O) groups is 1. The Morgan fingerprint density at radius 2 is 1.71 bits per heavy atom. The fourth-order valence-electron chi connectivity index (χ4n) is 2.64. The van der Waals surface area contributed by atoms with Crippen molar-refractivity contribution < 1.29 is 17.9 Å². The maximum absolute atomic E-state index is 12.4. The van der Waals surface area contributed by atoms with E-state index in [-0.39, 0.29) is 23.5 Å². The molecule has 1 N–H and O–H groups in total. The standard InChI is InChI=1S/C21H28N2O4S/c1-17(2)27-19-13-11-18(12-14-19)8-7-15-22-21(24)16-23(3)28(25,26)20-9-5-4-6-10-20/h4-6,9-14,17H,7-8,15-16H2,1-3H3,(H,22,24). The highest BCUT2D eigenvalue weighted by atomic mass is 32.2.